The Morgan fingerprint density at radius 1 is 1.26 bits per heavy atom. The Balaban J connectivity index is 1.69. The standard InChI is InChI=1S/C14H15N7O2/c1-9(10-4-3-5-16-19-10)23-14-8-15-7-12(18-14)17-11-6-13(22-2)21-20-11/h3-9H,1-2H3,(H2,17,18,20,21)/t9-/m1/s1. The number of nitrogens with zero attached hydrogens (tertiary/aromatic N) is 5. The van der Waals surface area contributed by atoms with E-state index in [0.717, 1.165) is 0 Å². The van der Waals surface area contributed by atoms with Gasteiger partial charge >= 0.3 is 0 Å². The summed E-state index contributed by atoms with van der Waals surface area (Å²) in [7, 11) is 1.55. The summed E-state index contributed by atoms with van der Waals surface area (Å²) in [4.78, 5) is 8.43. The summed E-state index contributed by atoms with van der Waals surface area (Å²) < 4.78 is 10.8. The molecule has 9 nitrogen and oxygen atoms in total. The molecule has 3 aromatic heterocycles. The Morgan fingerprint density at radius 3 is 2.91 bits per heavy atom. The summed E-state index contributed by atoms with van der Waals surface area (Å²) >= 11 is 0. The molecule has 23 heavy (non-hydrogen) atoms. The first-order valence-electron chi connectivity index (χ1n) is 6.87. The Hall–Kier alpha value is -3.23. The summed E-state index contributed by atoms with van der Waals surface area (Å²) in [6, 6.07) is 5.34. The van der Waals surface area contributed by atoms with Crippen LogP contribution in [0.5, 0.6) is 11.8 Å². The average Bonchev–Trinajstić information content (AvgIpc) is 3.03. The van der Waals surface area contributed by atoms with Gasteiger partial charge in [-0.25, -0.2) is 5.10 Å². The molecule has 118 valence electrons. The highest BCUT2D eigenvalue weighted by molar-refractivity contribution is 5.51. The number of aromatic nitrogens is 6. The molecule has 0 aliphatic heterocycles. The van der Waals surface area contributed by atoms with Crippen LogP contribution in [0.1, 0.15) is 18.7 Å². The van der Waals surface area contributed by atoms with Crippen molar-refractivity contribution < 1.29 is 9.47 Å². The maximum atomic E-state index is 5.74. The lowest BCUT2D eigenvalue weighted by Crippen LogP contribution is -2.07. The van der Waals surface area contributed by atoms with E-state index in [4.69, 9.17) is 9.47 Å². The first-order chi connectivity index (χ1) is 11.2. The summed E-state index contributed by atoms with van der Waals surface area (Å²) in [5, 5.41) is 17.6. The molecule has 0 aromatic carbocycles. The molecule has 0 radical (unpaired) electrons. The van der Waals surface area contributed by atoms with Gasteiger partial charge in [0.25, 0.3) is 0 Å². The van der Waals surface area contributed by atoms with Gasteiger partial charge in [0.15, 0.2) is 11.6 Å². The fourth-order valence-electron chi connectivity index (χ4n) is 1.84. The molecule has 0 bridgehead atoms. The van der Waals surface area contributed by atoms with Crippen LogP contribution >= 0.6 is 0 Å². The average molecular weight is 313 g/mol. The molecule has 3 aromatic rings. The third-order valence-corrected chi connectivity index (χ3v) is 2.95. The van der Waals surface area contributed by atoms with Crippen molar-refractivity contribution in [1.82, 2.24) is 30.4 Å². The number of aromatic amines is 1. The van der Waals surface area contributed by atoms with Crippen molar-refractivity contribution >= 4 is 11.6 Å². The maximum absolute atomic E-state index is 5.74. The molecule has 9 heteroatoms. The molecule has 0 saturated heterocycles. The van der Waals surface area contributed by atoms with Crippen molar-refractivity contribution in [3.05, 3.63) is 42.5 Å². The van der Waals surface area contributed by atoms with Crippen LogP contribution < -0.4 is 14.8 Å². The largest absolute Gasteiger partial charge is 0.481 e. The van der Waals surface area contributed by atoms with E-state index < -0.39 is 0 Å². The van der Waals surface area contributed by atoms with Gasteiger partial charge < -0.3 is 14.8 Å². The molecule has 3 rings (SSSR count). The highest BCUT2D eigenvalue weighted by Gasteiger charge is 2.11. The molecule has 0 spiro atoms. The van der Waals surface area contributed by atoms with E-state index in [-0.39, 0.29) is 6.10 Å². The second-order valence-electron chi connectivity index (χ2n) is 4.60. The zero-order chi connectivity index (χ0) is 16.1. The van der Waals surface area contributed by atoms with Gasteiger partial charge in [-0.2, -0.15) is 20.3 Å². The summed E-state index contributed by atoms with van der Waals surface area (Å²) in [6.07, 6.45) is 4.42. The molecule has 1 atom stereocenters. The lowest BCUT2D eigenvalue weighted by molar-refractivity contribution is 0.211. The van der Waals surface area contributed by atoms with Gasteiger partial charge in [0.05, 0.1) is 19.5 Å². The van der Waals surface area contributed by atoms with Crippen molar-refractivity contribution in [3.63, 3.8) is 0 Å². The maximum Gasteiger partial charge on any atom is 0.234 e. The lowest BCUT2D eigenvalue weighted by atomic mass is 10.3. The van der Waals surface area contributed by atoms with Crippen molar-refractivity contribution in [2.24, 2.45) is 0 Å². The lowest BCUT2D eigenvalue weighted by Gasteiger charge is -2.12. The number of hydrogen-bond donors (Lipinski definition) is 2. The molecular weight excluding hydrogens is 298 g/mol. The summed E-state index contributed by atoms with van der Waals surface area (Å²) in [5.74, 6) is 1.98. The zero-order valence-electron chi connectivity index (χ0n) is 12.6. The molecule has 2 N–H and O–H groups in total. The van der Waals surface area contributed by atoms with Gasteiger partial charge in [0.1, 0.15) is 11.8 Å². The second kappa shape index (κ2) is 6.69. The predicted octanol–water partition coefficient (Wildman–Crippen LogP) is 1.88. The van der Waals surface area contributed by atoms with Gasteiger partial charge in [0, 0.05) is 12.3 Å². The molecule has 0 aliphatic rings. The number of anilines is 2. The first kappa shape index (κ1) is 14.7. The zero-order valence-corrected chi connectivity index (χ0v) is 12.6. The van der Waals surface area contributed by atoms with Crippen LogP contribution in [0.2, 0.25) is 0 Å². The van der Waals surface area contributed by atoms with E-state index >= 15 is 0 Å². The van der Waals surface area contributed by atoms with E-state index in [1.165, 1.54) is 6.20 Å². The normalized spacial score (nSPS) is 11.7. The monoisotopic (exact) mass is 313 g/mol. The van der Waals surface area contributed by atoms with Crippen molar-refractivity contribution in [2.45, 2.75) is 13.0 Å². The smallest absolute Gasteiger partial charge is 0.234 e. The van der Waals surface area contributed by atoms with E-state index in [2.05, 4.69) is 35.7 Å². The number of hydrogen-bond acceptors (Lipinski definition) is 8. The Kier molecular flexibility index (Phi) is 4.27. The van der Waals surface area contributed by atoms with Crippen molar-refractivity contribution in [2.75, 3.05) is 12.4 Å². The van der Waals surface area contributed by atoms with Gasteiger partial charge in [-0.05, 0) is 19.1 Å². The third-order valence-electron chi connectivity index (χ3n) is 2.95. The van der Waals surface area contributed by atoms with Gasteiger partial charge in [0.2, 0.25) is 11.8 Å². The highest BCUT2D eigenvalue weighted by Crippen LogP contribution is 2.20. The summed E-state index contributed by atoms with van der Waals surface area (Å²) in [6.45, 7) is 1.87. The van der Waals surface area contributed by atoms with Crippen LogP contribution in [0.25, 0.3) is 0 Å². The molecule has 0 saturated carbocycles. The van der Waals surface area contributed by atoms with Crippen LogP contribution in [-0.4, -0.2) is 37.5 Å². The van der Waals surface area contributed by atoms with Crippen LogP contribution in [0.15, 0.2) is 36.8 Å². The van der Waals surface area contributed by atoms with Gasteiger partial charge in [-0.3, -0.25) is 4.98 Å². The molecule has 0 fully saturated rings. The number of ether oxygens (including phenoxy) is 2. The third kappa shape index (κ3) is 3.70. The van der Waals surface area contributed by atoms with Crippen molar-refractivity contribution in [3.8, 4) is 11.8 Å². The SMILES string of the molecule is COc1cc(Nc2cncc(O[C@H](C)c3cccnn3)n2)n[nH]1. The minimum atomic E-state index is -0.293. The minimum absolute atomic E-state index is 0.293. The van der Waals surface area contributed by atoms with Crippen LogP contribution in [0.3, 0.4) is 0 Å². The van der Waals surface area contributed by atoms with Crippen LogP contribution in [0.4, 0.5) is 11.6 Å². The Bertz CT molecular complexity index is 763. The van der Waals surface area contributed by atoms with Gasteiger partial charge in [-0.1, -0.05) is 0 Å². The minimum Gasteiger partial charge on any atom is -0.481 e. The fraction of sp³-hybridized carbons (Fsp3) is 0.214. The number of nitrogens with one attached hydrogen (secondary N) is 2. The molecule has 3 heterocycles. The Morgan fingerprint density at radius 2 is 2.17 bits per heavy atom. The van der Waals surface area contributed by atoms with Crippen LogP contribution in [-0.2, 0) is 0 Å². The highest BCUT2D eigenvalue weighted by atomic mass is 16.5. The quantitative estimate of drug-likeness (QED) is 0.709. The van der Waals surface area contributed by atoms with Gasteiger partial charge in [-0.15, -0.1) is 0 Å². The number of H-pyrrole nitrogens is 1. The predicted molar refractivity (Wildman–Crippen MR) is 81.5 cm³/mol. The Labute approximate surface area is 132 Å². The molecule has 0 unspecified atom stereocenters. The topological polar surface area (TPSA) is 111 Å². The van der Waals surface area contributed by atoms with Crippen LogP contribution in [0, 0.1) is 0 Å². The number of methoxy groups -OCH3 is 1. The molecular formula is C14H15N7O2. The second-order valence-corrected chi connectivity index (χ2v) is 4.60. The first-order valence-corrected chi connectivity index (χ1v) is 6.87. The van der Waals surface area contributed by atoms with E-state index in [9.17, 15) is 0 Å². The summed E-state index contributed by atoms with van der Waals surface area (Å²) in [5.41, 5.74) is 0.713. The molecule has 0 aliphatic carbocycles. The molecule has 0 amide bonds. The van der Waals surface area contributed by atoms with E-state index in [0.29, 0.717) is 29.1 Å². The number of rotatable bonds is 6. The van der Waals surface area contributed by atoms with Crippen molar-refractivity contribution in [1.29, 1.82) is 0 Å². The van der Waals surface area contributed by atoms with E-state index in [1.807, 2.05) is 13.0 Å². The van der Waals surface area contributed by atoms with E-state index in [1.54, 1.807) is 31.6 Å². The fourth-order valence-corrected chi connectivity index (χ4v) is 1.84.